The monoisotopic (exact) mass is 526 g/mol. The minimum Gasteiger partial charge on any atom is -0.454 e. The van der Waals surface area contributed by atoms with Crippen molar-refractivity contribution in [3.05, 3.63) is 127 Å². The molecule has 4 nitrogen and oxygen atoms in total. The van der Waals surface area contributed by atoms with Gasteiger partial charge in [-0.15, -0.1) is 0 Å². The normalized spacial score (nSPS) is 12.0. The van der Waals surface area contributed by atoms with Crippen molar-refractivity contribution in [3.63, 3.8) is 0 Å². The third-order valence-corrected chi connectivity index (χ3v) is 8.48. The highest BCUT2D eigenvalue weighted by molar-refractivity contribution is 6.50. The van der Waals surface area contributed by atoms with Gasteiger partial charge in [-0.05, 0) is 47.9 Å². The first-order chi connectivity index (χ1) is 20.3. The van der Waals surface area contributed by atoms with Gasteiger partial charge in [-0.2, -0.15) is 0 Å². The van der Waals surface area contributed by atoms with Gasteiger partial charge in [0.25, 0.3) is 0 Å². The Labute approximate surface area is 235 Å². The molecule has 41 heavy (non-hydrogen) atoms. The summed E-state index contributed by atoms with van der Waals surface area (Å²) in [6, 6.07) is 44.8. The summed E-state index contributed by atoms with van der Waals surface area (Å²) >= 11 is 0. The Morgan fingerprint density at radius 1 is 0.463 bits per heavy atom. The fraction of sp³-hybridized carbons (Fsp3) is 0. The highest BCUT2D eigenvalue weighted by atomic mass is 16.3. The molecule has 0 bridgehead atoms. The zero-order valence-electron chi connectivity index (χ0n) is 22.1. The average molecular weight is 526 g/mol. The van der Waals surface area contributed by atoms with Crippen molar-refractivity contribution in [1.29, 1.82) is 0 Å². The maximum Gasteiger partial charge on any atom is 0.308 e. The van der Waals surface area contributed by atoms with Crippen LogP contribution in [-0.2, 0) is 0 Å². The zero-order chi connectivity index (χ0) is 27.1. The summed E-state index contributed by atoms with van der Waals surface area (Å²) in [6.07, 6.45) is 0. The Balaban J connectivity index is 1.46. The molecular weight excluding hydrogens is 503 g/mol. The number of fused-ring (bicyclic) bond motifs is 9. The molecule has 3 heterocycles. The molecule has 0 spiro atoms. The van der Waals surface area contributed by atoms with Crippen LogP contribution in [0, 0.1) is 0 Å². The van der Waals surface area contributed by atoms with Crippen LogP contribution in [0.15, 0.2) is 132 Å². The second-order valence-electron chi connectivity index (χ2n) is 10.6. The van der Waals surface area contributed by atoms with Crippen LogP contribution < -0.4 is 5.46 Å². The first-order valence-electron chi connectivity index (χ1n) is 13.9. The molecule has 0 saturated heterocycles. The van der Waals surface area contributed by atoms with E-state index < -0.39 is 0 Å². The van der Waals surface area contributed by atoms with E-state index >= 15 is 0 Å². The van der Waals surface area contributed by atoms with Crippen LogP contribution in [0.3, 0.4) is 0 Å². The molecule has 192 valence electrons. The van der Waals surface area contributed by atoms with E-state index in [1.54, 1.807) is 0 Å². The van der Waals surface area contributed by atoms with Crippen LogP contribution in [0.1, 0.15) is 0 Å². The molecular formula is C36H23BN2O2. The third-order valence-electron chi connectivity index (χ3n) is 8.48. The molecule has 3 aromatic heterocycles. The number of hydrogen-bond acceptors (Lipinski definition) is 2. The van der Waals surface area contributed by atoms with Gasteiger partial charge >= 0.3 is 7.48 Å². The molecule has 9 rings (SSSR count). The van der Waals surface area contributed by atoms with Gasteiger partial charge in [0, 0.05) is 38.0 Å². The lowest BCUT2D eigenvalue weighted by atomic mass is 9.87. The van der Waals surface area contributed by atoms with E-state index in [9.17, 15) is 5.02 Å². The summed E-state index contributed by atoms with van der Waals surface area (Å²) in [5.74, 6) is 0. The van der Waals surface area contributed by atoms with Crippen LogP contribution >= 0.6 is 0 Å². The Hall–Kier alpha value is -5.26. The Morgan fingerprint density at radius 3 is 1.78 bits per heavy atom. The smallest absolute Gasteiger partial charge is 0.308 e. The molecule has 0 amide bonds. The van der Waals surface area contributed by atoms with Gasteiger partial charge in [-0.1, -0.05) is 84.9 Å². The molecule has 0 aliphatic heterocycles. The lowest BCUT2D eigenvalue weighted by Crippen LogP contribution is -2.13. The van der Waals surface area contributed by atoms with Crippen molar-refractivity contribution in [2.24, 2.45) is 0 Å². The van der Waals surface area contributed by atoms with Crippen LogP contribution in [0.4, 0.5) is 0 Å². The van der Waals surface area contributed by atoms with Crippen molar-refractivity contribution < 1.29 is 9.44 Å². The number of nitrogens with zero attached hydrogens (tertiary/aromatic N) is 2. The highest BCUT2D eigenvalue weighted by Gasteiger charge is 2.21. The Kier molecular flexibility index (Phi) is 4.60. The van der Waals surface area contributed by atoms with E-state index in [1.807, 2.05) is 12.1 Å². The zero-order valence-corrected chi connectivity index (χ0v) is 22.1. The fourth-order valence-corrected chi connectivity index (χ4v) is 6.71. The number of rotatable bonds is 3. The fourth-order valence-electron chi connectivity index (χ4n) is 6.71. The number of furan rings is 1. The third kappa shape index (κ3) is 3.04. The van der Waals surface area contributed by atoms with Crippen molar-refractivity contribution in [1.82, 2.24) is 9.13 Å². The summed E-state index contributed by atoms with van der Waals surface area (Å²) in [5.41, 5.74) is 9.06. The SMILES string of the molecule is OBc1cccc2c1oc1c(-n3c4ccccc4c4cc5c6ccccc6n(-c6ccccc6)c5cc43)cccc12. The lowest BCUT2D eigenvalue weighted by molar-refractivity contribution is 0.613. The maximum absolute atomic E-state index is 10.0. The lowest BCUT2D eigenvalue weighted by Gasteiger charge is -2.10. The molecule has 5 heteroatoms. The summed E-state index contributed by atoms with van der Waals surface area (Å²) in [5, 5.41) is 16.9. The van der Waals surface area contributed by atoms with Crippen molar-refractivity contribution >= 4 is 78.5 Å². The molecule has 6 aromatic carbocycles. The summed E-state index contributed by atoms with van der Waals surface area (Å²) in [4.78, 5) is 0. The molecule has 0 aliphatic carbocycles. The number of hydrogen-bond donors (Lipinski definition) is 1. The van der Waals surface area contributed by atoms with E-state index in [4.69, 9.17) is 4.42 Å². The highest BCUT2D eigenvalue weighted by Crippen LogP contribution is 2.41. The quantitative estimate of drug-likeness (QED) is 0.239. The van der Waals surface area contributed by atoms with E-state index in [2.05, 4.69) is 124 Å². The number of para-hydroxylation sites is 5. The molecule has 1 N–H and O–H groups in total. The molecule has 0 atom stereocenters. The molecule has 9 aromatic rings. The summed E-state index contributed by atoms with van der Waals surface area (Å²) in [6.45, 7) is 0. The van der Waals surface area contributed by atoms with Gasteiger partial charge in [0.2, 0.25) is 0 Å². The largest absolute Gasteiger partial charge is 0.454 e. The second kappa shape index (κ2) is 8.37. The second-order valence-corrected chi connectivity index (χ2v) is 10.6. The Morgan fingerprint density at radius 2 is 1.05 bits per heavy atom. The molecule has 0 unspecified atom stereocenters. The van der Waals surface area contributed by atoms with Gasteiger partial charge < -0.3 is 18.6 Å². The molecule has 0 fully saturated rings. The predicted molar refractivity (Wildman–Crippen MR) is 171 cm³/mol. The van der Waals surface area contributed by atoms with Crippen molar-refractivity contribution in [2.75, 3.05) is 0 Å². The van der Waals surface area contributed by atoms with E-state index in [0.717, 1.165) is 55.3 Å². The topological polar surface area (TPSA) is 43.2 Å². The van der Waals surface area contributed by atoms with Gasteiger partial charge in [0.15, 0.2) is 5.58 Å². The number of aromatic nitrogens is 2. The first kappa shape index (κ1) is 22.5. The van der Waals surface area contributed by atoms with Crippen molar-refractivity contribution in [2.45, 2.75) is 0 Å². The van der Waals surface area contributed by atoms with Crippen LogP contribution in [0.2, 0.25) is 0 Å². The van der Waals surface area contributed by atoms with Gasteiger partial charge in [0.1, 0.15) is 5.58 Å². The van der Waals surface area contributed by atoms with E-state index in [-0.39, 0.29) is 7.48 Å². The minimum absolute atomic E-state index is 0.0656. The average Bonchev–Trinajstić information content (AvgIpc) is 3.68. The standard InChI is InChI=1S/C36H23BN2O2/c40-37-29-16-8-14-25-26-15-9-19-32(36(26)41-35(25)29)39-31-18-7-5-13-24(31)28-20-27-23-12-4-6-17-30(23)38(33(27)21-34(28)39)22-10-2-1-3-11-22/h1-21,37,40H. The maximum atomic E-state index is 10.0. The number of benzene rings is 6. The van der Waals surface area contributed by atoms with Crippen LogP contribution in [-0.4, -0.2) is 21.6 Å². The van der Waals surface area contributed by atoms with Crippen LogP contribution in [0.5, 0.6) is 0 Å². The molecule has 0 radical (unpaired) electrons. The summed E-state index contributed by atoms with van der Waals surface area (Å²) < 4.78 is 11.3. The Bertz CT molecular complexity index is 2470. The van der Waals surface area contributed by atoms with E-state index in [1.165, 1.54) is 27.1 Å². The van der Waals surface area contributed by atoms with Gasteiger partial charge in [-0.3, -0.25) is 0 Å². The summed E-state index contributed by atoms with van der Waals surface area (Å²) in [7, 11) is -0.0656. The van der Waals surface area contributed by atoms with Gasteiger partial charge in [-0.25, -0.2) is 0 Å². The molecule has 0 saturated carbocycles. The minimum atomic E-state index is -0.0656. The van der Waals surface area contributed by atoms with Crippen molar-refractivity contribution in [3.8, 4) is 11.4 Å². The first-order valence-corrected chi connectivity index (χ1v) is 13.9. The van der Waals surface area contributed by atoms with Crippen LogP contribution in [0.25, 0.3) is 76.9 Å². The predicted octanol–water partition coefficient (Wildman–Crippen LogP) is 7.75. The van der Waals surface area contributed by atoms with Gasteiger partial charge in [0.05, 0.1) is 27.8 Å². The molecule has 0 aliphatic rings. The van der Waals surface area contributed by atoms with E-state index in [0.29, 0.717) is 0 Å².